The molecule has 2 aromatic heterocycles. The van der Waals surface area contributed by atoms with E-state index in [1.165, 1.54) is 17.1 Å². The minimum atomic E-state index is -0.334. The van der Waals surface area contributed by atoms with Gasteiger partial charge in [0.1, 0.15) is 12.9 Å². The minimum absolute atomic E-state index is 0.0222. The van der Waals surface area contributed by atoms with Crippen molar-refractivity contribution in [1.29, 1.82) is 0 Å². The minimum Gasteiger partial charge on any atom is -0.285 e. The molecule has 0 aliphatic rings. The van der Waals surface area contributed by atoms with E-state index in [9.17, 15) is 9.59 Å². The third kappa shape index (κ3) is 3.50. The van der Waals surface area contributed by atoms with Crippen LogP contribution in [-0.2, 0) is 17.8 Å². The van der Waals surface area contributed by atoms with Crippen LogP contribution in [0.3, 0.4) is 0 Å². The summed E-state index contributed by atoms with van der Waals surface area (Å²) in [5.74, 6) is -0.334. The summed E-state index contributed by atoms with van der Waals surface area (Å²) in [6.45, 7) is 3.66. The maximum atomic E-state index is 12.4. The number of rotatable bonds is 5. The second-order valence-electron chi connectivity index (χ2n) is 5.65. The molecule has 3 aromatic rings. The molecule has 8 nitrogen and oxygen atoms in total. The zero-order chi connectivity index (χ0) is 18.7. The first-order chi connectivity index (χ1) is 12.5. The van der Waals surface area contributed by atoms with E-state index in [4.69, 9.17) is 11.6 Å². The van der Waals surface area contributed by atoms with E-state index in [-0.39, 0.29) is 23.5 Å². The van der Waals surface area contributed by atoms with Crippen molar-refractivity contribution in [3.8, 4) is 0 Å². The second-order valence-corrected chi connectivity index (χ2v) is 6.08. The van der Waals surface area contributed by atoms with Gasteiger partial charge in [-0.1, -0.05) is 30.7 Å². The largest absolute Gasteiger partial charge is 0.285 e. The molecule has 0 spiro atoms. The molecule has 0 aliphatic heterocycles. The van der Waals surface area contributed by atoms with Gasteiger partial charge in [-0.15, -0.1) is 10.2 Å². The smallest absolute Gasteiger partial charge is 0.261 e. The van der Waals surface area contributed by atoms with Gasteiger partial charge in [0.05, 0.1) is 6.21 Å². The molecule has 0 unspecified atom stereocenters. The van der Waals surface area contributed by atoms with Gasteiger partial charge in [0, 0.05) is 16.3 Å². The predicted octanol–water partition coefficient (Wildman–Crippen LogP) is 1.57. The van der Waals surface area contributed by atoms with Crippen molar-refractivity contribution in [2.45, 2.75) is 26.8 Å². The lowest BCUT2D eigenvalue weighted by atomic mass is 10.1. The van der Waals surface area contributed by atoms with Crippen molar-refractivity contribution in [2.75, 3.05) is 0 Å². The van der Waals surface area contributed by atoms with Crippen LogP contribution in [0.1, 0.15) is 23.7 Å². The van der Waals surface area contributed by atoms with Crippen molar-refractivity contribution in [3.05, 3.63) is 62.7 Å². The molecule has 2 heterocycles. The summed E-state index contributed by atoms with van der Waals surface area (Å²) in [6, 6.07) is 7.06. The first-order valence-electron chi connectivity index (χ1n) is 8.01. The van der Waals surface area contributed by atoms with Gasteiger partial charge < -0.3 is 0 Å². The van der Waals surface area contributed by atoms with E-state index < -0.39 is 0 Å². The number of benzene rings is 1. The molecule has 26 heavy (non-hydrogen) atoms. The molecule has 0 atom stereocenters. The van der Waals surface area contributed by atoms with E-state index in [1.807, 2.05) is 6.92 Å². The fourth-order valence-electron chi connectivity index (χ4n) is 2.68. The van der Waals surface area contributed by atoms with Crippen LogP contribution >= 0.6 is 11.6 Å². The van der Waals surface area contributed by atoms with Crippen LogP contribution in [0.25, 0.3) is 5.65 Å². The highest BCUT2D eigenvalue weighted by molar-refractivity contribution is 6.30. The van der Waals surface area contributed by atoms with Gasteiger partial charge in [0.2, 0.25) is 11.1 Å². The molecule has 0 radical (unpaired) electrons. The Morgan fingerprint density at radius 1 is 1.35 bits per heavy atom. The Bertz CT molecular complexity index is 1040. The molecule has 1 N–H and O–H groups in total. The number of fused-ring (bicyclic) bond motifs is 1. The van der Waals surface area contributed by atoms with Gasteiger partial charge >= 0.3 is 0 Å². The van der Waals surface area contributed by atoms with Gasteiger partial charge in [-0.3, -0.25) is 14.3 Å². The summed E-state index contributed by atoms with van der Waals surface area (Å²) in [5.41, 5.74) is 4.63. The Balaban J connectivity index is 1.80. The summed E-state index contributed by atoms with van der Waals surface area (Å²) in [4.78, 5) is 24.6. The Labute approximate surface area is 154 Å². The van der Waals surface area contributed by atoms with E-state index in [2.05, 4.69) is 20.7 Å². The lowest BCUT2D eigenvalue weighted by molar-refractivity contribution is -0.121. The Hall–Kier alpha value is -3.00. The Morgan fingerprint density at radius 2 is 2.08 bits per heavy atom. The second kappa shape index (κ2) is 7.49. The summed E-state index contributed by atoms with van der Waals surface area (Å²) in [6.07, 6.45) is 3.48. The number of hydrazone groups is 1. The van der Waals surface area contributed by atoms with Crippen LogP contribution in [0.15, 0.2) is 40.5 Å². The van der Waals surface area contributed by atoms with Crippen LogP contribution in [0.4, 0.5) is 0 Å². The Kier molecular flexibility index (Phi) is 5.13. The number of nitrogens with zero attached hydrogens (tertiary/aromatic N) is 5. The summed E-state index contributed by atoms with van der Waals surface area (Å²) in [5, 5.41) is 12.2. The third-order valence-corrected chi connectivity index (χ3v) is 4.26. The highest BCUT2D eigenvalue weighted by Crippen LogP contribution is 2.08. The average molecular weight is 373 g/mol. The molecular formula is C17H17ClN6O2. The fourth-order valence-corrected chi connectivity index (χ4v) is 2.81. The monoisotopic (exact) mass is 372 g/mol. The van der Waals surface area contributed by atoms with E-state index in [0.29, 0.717) is 22.7 Å². The van der Waals surface area contributed by atoms with Gasteiger partial charge in [0.25, 0.3) is 5.91 Å². The molecule has 134 valence electrons. The van der Waals surface area contributed by atoms with Crippen molar-refractivity contribution in [1.82, 2.24) is 24.8 Å². The standard InChI is InChI=1S/C17H17ClN6O2/c1-3-14-11(2)23(24-10-20-22-17(24)16(14)26)9-15(25)21-19-8-12-4-6-13(18)7-5-12/h4-8,10H,3,9H2,1-2H3,(H,21,25)/b19-8-. The van der Waals surface area contributed by atoms with Gasteiger partial charge in [-0.25, -0.2) is 9.94 Å². The molecule has 9 heteroatoms. The molecule has 0 fully saturated rings. The first kappa shape index (κ1) is 17.8. The maximum absolute atomic E-state index is 12.4. The van der Waals surface area contributed by atoms with Gasteiger partial charge in [-0.2, -0.15) is 5.10 Å². The van der Waals surface area contributed by atoms with E-state index >= 15 is 0 Å². The number of carbonyl (C=O) groups excluding carboxylic acids is 1. The first-order valence-corrected chi connectivity index (χ1v) is 8.38. The van der Waals surface area contributed by atoms with Crippen LogP contribution in [0.5, 0.6) is 0 Å². The summed E-state index contributed by atoms with van der Waals surface area (Å²) < 4.78 is 3.14. The van der Waals surface area contributed by atoms with Gasteiger partial charge in [-0.05, 0) is 31.0 Å². The topological polar surface area (TPSA) is 93.7 Å². The van der Waals surface area contributed by atoms with Crippen LogP contribution < -0.4 is 10.9 Å². The van der Waals surface area contributed by atoms with Crippen molar-refractivity contribution in [3.63, 3.8) is 0 Å². The number of hydrogen-bond acceptors (Lipinski definition) is 5. The lowest BCUT2D eigenvalue weighted by Gasteiger charge is -2.15. The highest BCUT2D eigenvalue weighted by atomic mass is 35.5. The number of aromatic nitrogens is 4. The third-order valence-electron chi connectivity index (χ3n) is 4.01. The molecule has 0 saturated carbocycles. The molecule has 3 rings (SSSR count). The van der Waals surface area contributed by atoms with Crippen molar-refractivity contribution < 1.29 is 4.79 Å². The molecule has 0 saturated heterocycles. The Morgan fingerprint density at radius 3 is 2.77 bits per heavy atom. The quantitative estimate of drug-likeness (QED) is 0.543. The number of nitrogens with one attached hydrogen (secondary N) is 1. The fraction of sp³-hybridized carbons (Fsp3) is 0.235. The number of halogens is 1. The van der Waals surface area contributed by atoms with Gasteiger partial charge in [0.15, 0.2) is 0 Å². The van der Waals surface area contributed by atoms with Crippen LogP contribution in [0, 0.1) is 6.92 Å². The number of carbonyl (C=O) groups is 1. The van der Waals surface area contributed by atoms with E-state index in [1.54, 1.807) is 35.9 Å². The average Bonchev–Trinajstić information content (AvgIpc) is 3.11. The molecule has 0 bridgehead atoms. The number of amides is 1. The van der Waals surface area contributed by atoms with Crippen LogP contribution in [-0.4, -0.2) is 31.5 Å². The zero-order valence-corrected chi connectivity index (χ0v) is 15.1. The van der Waals surface area contributed by atoms with Crippen molar-refractivity contribution >= 4 is 29.4 Å². The predicted molar refractivity (Wildman–Crippen MR) is 98.6 cm³/mol. The normalized spacial score (nSPS) is 11.3. The molecular weight excluding hydrogens is 356 g/mol. The van der Waals surface area contributed by atoms with Crippen molar-refractivity contribution in [2.24, 2.45) is 5.10 Å². The SMILES string of the molecule is CCc1c(C)n(CC(=O)N/N=C\c2ccc(Cl)cc2)n2cnnc2c1=O. The maximum Gasteiger partial charge on any atom is 0.261 e. The molecule has 0 aliphatic carbocycles. The highest BCUT2D eigenvalue weighted by Gasteiger charge is 2.16. The molecule has 1 aromatic carbocycles. The lowest BCUT2D eigenvalue weighted by Crippen LogP contribution is -2.30. The molecule has 1 amide bonds. The van der Waals surface area contributed by atoms with Crippen LogP contribution in [0.2, 0.25) is 5.02 Å². The summed E-state index contributed by atoms with van der Waals surface area (Å²) in [7, 11) is 0. The zero-order valence-electron chi connectivity index (χ0n) is 14.3. The number of hydrogen-bond donors (Lipinski definition) is 1. The van der Waals surface area contributed by atoms with E-state index in [0.717, 1.165) is 5.56 Å². The summed E-state index contributed by atoms with van der Waals surface area (Å²) >= 11 is 5.82.